The van der Waals surface area contributed by atoms with E-state index >= 15 is 0 Å². The van der Waals surface area contributed by atoms with Crippen molar-refractivity contribution in [3.63, 3.8) is 0 Å². The Labute approximate surface area is 79.4 Å². The highest BCUT2D eigenvalue weighted by Gasteiger charge is 2.54. The molecule has 0 bridgehead atoms. The third kappa shape index (κ3) is 1.11. The van der Waals surface area contributed by atoms with E-state index < -0.39 is 0 Å². The van der Waals surface area contributed by atoms with Crippen LogP contribution in [-0.2, 0) is 0 Å². The van der Waals surface area contributed by atoms with Gasteiger partial charge in [-0.15, -0.1) is 0 Å². The molecule has 1 heterocycles. The van der Waals surface area contributed by atoms with E-state index in [2.05, 4.69) is 42.3 Å². The van der Waals surface area contributed by atoms with E-state index in [0.29, 0.717) is 0 Å². The Morgan fingerprint density at radius 3 is 2.31 bits per heavy atom. The van der Waals surface area contributed by atoms with Crippen molar-refractivity contribution in [2.75, 3.05) is 20.1 Å². The Hall–Kier alpha value is -0.820. The van der Waals surface area contributed by atoms with Crippen molar-refractivity contribution in [1.82, 2.24) is 4.90 Å². The zero-order valence-electron chi connectivity index (χ0n) is 7.98. The van der Waals surface area contributed by atoms with Gasteiger partial charge in [-0.1, -0.05) is 30.3 Å². The summed E-state index contributed by atoms with van der Waals surface area (Å²) in [6, 6.07) is 11.0. The molecular weight excluding hydrogens is 158 g/mol. The molecule has 2 aliphatic rings. The van der Waals surface area contributed by atoms with E-state index in [9.17, 15) is 0 Å². The highest BCUT2D eigenvalue weighted by atomic mass is 15.2. The molecule has 0 aromatic heterocycles. The Balaban J connectivity index is 1.79. The van der Waals surface area contributed by atoms with Crippen LogP contribution in [0.4, 0.5) is 0 Å². The Bertz CT molecular complexity index is 294. The van der Waals surface area contributed by atoms with Gasteiger partial charge in [0.2, 0.25) is 0 Å². The largest absolute Gasteiger partial charge is 0.306 e. The van der Waals surface area contributed by atoms with Crippen molar-refractivity contribution in [2.24, 2.45) is 11.8 Å². The van der Waals surface area contributed by atoms with Crippen LogP contribution in [-0.4, -0.2) is 25.0 Å². The summed E-state index contributed by atoms with van der Waals surface area (Å²) in [4.78, 5) is 2.45. The molecule has 1 aliphatic heterocycles. The number of rotatable bonds is 1. The maximum absolute atomic E-state index is 2.45. The first-order chi connectivity index (χ1) is 6.36. The molecular formula is C12H15N. The molecule has 0 spiro atoms. The van der Waals surface area contributed by atoms with Crippen LogP contribution < -0.4 is 0 Å². The summed E-state index contributed by atoms with van der Waals surface area (Å²) in [5.41, 5.74) is 1.56. The molecule has 2 fully saturated rings. The first kappa shape index (κ1) is 7.57. The number of hydrogen-bond acceptors (Lipinski definition) is 1. The summed E-state index contributed by atoms with van der Waals surface area (Å²) in [5, 5.41) is 0. The number of piperidine rings is 1. The lowest BCUT2D eigenvalue weighted by Crippen LogP contribution is -2.18. The van der Waals surface area contributed by atoms with Gasteiger partial charge in [0, 0.05) is 13.1 Å². The van der Waals surface area contributed by atoms with E-state index in [1.807, 2.05) is 0 Å². The fourth-order valence-electron chi connectivity index (χ4n) is 2.91. The van der Waals surface area contributed by atoms with Crippen molar-refractivity contribution < 1.29 is 0 Å². The Morgan fingerprint density at radius 2 is 1.69 bits per heavy atom. The highest BCUT2D eigenvalue weighted by molar-refractivity contribution is 5.30. The fraction of sp³-hybridized carbons (Fsp3) is 0.500. The van der Waals surface area contributed by atoms with Gasteiger partial charge >= 0.3 is 0 Å². The van der Waals surface area contributed by atoms with Crippen molar-refractivity contribution >= 4 is 0 Å². The van der Waals surface area contributed by atoms with Gasteiger partial charge in [-0.25, -0.2) is 0 Å². The summed E-state index contributed by atoms with van der Waals surface area (Å²) in [6.45, 7) is 2.62. The maximum Gasteiger partial charge on any atom is 0.00160 e. The monoisotopic (exact) mass is 173 g/mol. The summed E-state index contributed by atoms with van der Waals surface area (Å²) < 4.78 is 0. The average molecular weight is 173 g/mol. The van der Waals surface area contributed by atoms with Crippen LogP contribution in [0.15, 0.2) is 30.3 Å². The van der Waals surface area contributed by atoms with Crippen LogP contribution >= 0.6 is 0 Å². The number of nitrogens with zero attached hydrogens (tertiary/aromatic N) is 1. The molecule has 1 aromatic carbocycles. The maximum atomic E-state index is 2.45. The molecule has 3 rings (SSSR count). The van der Waals surface area contributed by atoms with E-state index in [-0.39, 0.29) is 0 Å². The first-order valence-electron chi connectivity index (χ1n) is 5.10. The first-order valence-corrected chi connectivity index (χ1v) is 5.10. The third-order valence-corrected chi connectivity index (χ3v) is 3.56. The predicted molar refractivity (Wildman–Crippen MR) is 53.7 cm³/mol. The van der Waals surface area contributed by atoms with Crippen LogP contribution in [0.25, 0.3) is 0 Å². The number of fused-ring (bicyclic) bond motifs is 1. The van der Waals surface area contributed by atoms with Crippen LogP contribution in [0.1, 0.15) is 11.5 Å². The van der Waals surface area contributed by atoms with Gasteiger partial charge in [-0.3, -0.25) is 0 Å². The van der Waals surface area contributed by atoms with Crippen molar-refractivity contribution in [3.05, 3.63) is 35.9 Å². The minimum Gasteiger partial charge on any atom is -0.306 e. The number of likely N-dealkylation sites (tertiary alicyclic amines) is 1. The Kier molecular flexibility index (Phi) is 1.50. The fourth-order valence-corrected chi connectivity index (χ4v) is 2.91. The summed E-state index contributed by atoms with van der Waals surface area (Å²) in [6.07, 6.45) is 0. The zero-order valence-corrected chi connectivity index (χ0v) is 7.98. The molecule has 3 atom stereocenters. The second-order valence-corrected chi connectivity index (χ2v) is 4.49. The van der Waals surface area contributed by atoms with Crippen LogP contribution in [0.5, 0.6) is 0 Å². The second-order valence-electron chi connectivity index (χ2n) is 4.49. The summed E-state index contributed by atoms with van der Waals surface area (Å²) in [7, 11) is 2.23. The van der Waals surface area contributed by atoms with Gasteiger partial charge in [0.05, 0.1) is 0 Å². The SMILES string of the molecule is CN1C[C@@H]2C(c3ccccc3)[C@@H]2C1. The minimum atomic E-state index is 0.886. The molecule has 1 saturated carbocycles. The highest BCUT2D eigenvalue weighted by Crippen LogP contribution is 2.57. The lowest BCUT2D eigenvalue weighted by atomic mass is 10.1. The lowest BCUT2D eigenvalue weighted by Gasteiger charge is -2.12. The van der Waals surface area contributed by atoms with Gasteiger partial charge in [0.1, 0.15) is 0 Å². The van der Waals surface area contributed by atoms with E-state index in [4.69, 9.17) is 0 Å². The van der Waals surface area contributed by atoms with Gasteiger partial charge < -0.3 is 4.90 Å². The third-order valence-electron chi connectivity index (χ3n) is 3.56. The molecule has 1 aliphatic carbocycles. The molecule has 1 nitrogen and oxygen atoms in total. The van der Waals surface area contributed by atoms with E-state index in [0.717, 1.165) is 17.8 Å². The molecule has 1 aromatic rings. The van der Waals surface area contributed by atoms with Crippen LogP contribution in [0.2, 0.25) is 0 Å². The standard InChI is InChI=1S/C12H15N/c1-13-7-10-11(8-13)12(10)9-5-3-2-4-6-9/h2-6,10-12H,7-8H2,1H3/t10-,11+,12?. The molecule has 1 unspecified atom stereocenters. The van der Waals surface area contributed by atoms with E-state index in [1.54, 1.807) is 5.56 Å². The van der Waals surface area contributed by atoms with Crippen LogP contribution in [0, 0.1) is 11.8 Å². The number of hydrogen-bond donors (Lipinski definition) is 0. The second kappa shape index (κ2) is 2.58. The van der Waals surface area contributed by atoms with Gasteiger partial charge in [-0.2, -0.15) is 0 Å². The zero-order chi connectivity index (χ0) is 8.84. The topological polar surface area (TPSA) is 3.24 Å². The molecule has 0 N–H and O–H groups in total. The lowest BCUT2D eigenvalue weighted by molar-refractivity contribution is 0.363. The van der Waals surface area contributed by atoms with Crippen molar-refractivity contribution in [1.29, 1.82) is 0 Å². The Morgan fingerprint density at radius 1 is 1.08 bits per heavy atom. The molecule has 68 valence electrons. The van der Waals surface area contributed by atoms with Gasteiger partial charge in [-0.05, 0) is 30.4 Å². The molecule has 0 radical (unpaired) electrons. The number of benzene rings is 1. The normalized spacial score (nSPS) is 37.5. The van der Waals surface area contributed by atoms with Crippen molar-refractivity contribution in [2.45, 2.75) is 5.92 Å². The summed E-state index contributed by atoms with van der Waals surface area (Å²) >= 11 is 0. The molecule has 13 heavy (non-hydrogen) atoms. The quantitative estimate of drug-likeness (QED) is 0.627. The van der Waals surface area contributed by atoms with Crippen LogP contribution in [0.3, 0.4) is 0 Å². The molecule has 1 heteroatoms. The minimum absolute atomic E-state index is 0.886. The van der Waals surface area contributed by atoms with Crippen molar-refractivity contribution in [3.8, 4) is 0 Å². The average Bonchev–Trinajstić information content (AvgIpc) is 2.66. The predicted octanol–water partition coefficient (Wildman–Crippen LogP) is 1.96. The van der Waals surface area contributed by atoms with Gasteiger partial charge in [0.15, 0.2) is 0 Å². The van der Waals surface area contributed by atoms with Gasteiger partial charge in [0.25, 0.3) is 0 Å². The smallest absolute Gasteiger partial charge is 0.00160 e. The molecule has 1 saturated heterocycles. The van der Waals surface area contributed by atoms with E-state index in [1.165, 1.54) is 13.1 Å². The summed E-state index contributed by atoms with van der Waals surface area (Å²) in [5.74, 6) is 2.82. The molecule has 0 amide bonds.